The number of hydrogen-bond acceptors (Lipinski definition) is 4. The number of aromatic nitrogens is 2. The normalized spacial score (nSPS) is 14.2. The van der Waals surface area contributed by atoms with Crippen molar-refractivity contribution in [2.45, 2.75) is 59.0 Å². The minimum absolute atomic E-state index is 0.0678. The van der Waals surface area contributed by atoms with Crippen molar-refractivity contribution in [3.05, 3.63) is 11.7 Å². The summed E-state index contributed by atoms with van der Waals surface area (Å²) in [5, 5.41) is 7.27. The molecular weight excluding hydrogens is 190 g/mol. The fraction of sp³-hybridized carbons (Fsp3) is 0.818. The van der Waals surface area contributed by atoms with E-state index in [2.05, 4.69) is 50.1 Å². The number of rotatable bonds is 4. The van der Waals surface area contributed by atoms with Gasteiger partial charge in [-0.15, -0.1) is 0 Å². The second-order valence-electron chi connectivity index (χ2n) is 4.96. The highest BCUT2D eigenvalue weighted by Gasteiger charge is 2.21. The van der Waals surface area contributed by atoms with Crippen molar-refractivity contribution in [1.29, 1.82) is 0 Å². The third-order valence-electron chi connectivity index (χ3n) is 2.33. The van der Waals surface area contributed by atoms with Gasteiger partial charge in [0.05, 0.1) is 6.54 Å². The molecule has 0 aromatic carbocycles. The third kappa shape index (κ3) is 3.63. The molecule has 1 aromatic rings. The molecule has 0 saturated heterocycles. The summed E-state index contributed by atoms with van der Waals surface area (Å²) in [5.74, 6) is 1.43. The molecular formula is C11H21N3O. The average Bonchev–Trinajstić information content (AvgIpc) is 2.61. The summed E-state index contributed by atoms with van der Waals surface area (Å²) in [7, 11) is 0. The van der Waals surface area contributed by atoms with E-state index in [1.54, 1.807) is 0 Å². The summed E-state index contributed by atoms with van der Waals surface area (Å²) in [4.78, 5) is 4.35. The van der Waals surface area contributed by atoms with Crippen LogP contribution in [0.15, 0.2) is 4.52 Å². The molecule has 86 valence electrons. The van der Waals surface area contributed by atoms with Gasteiger partial charge in [-0.25, -0.2) is 0 Å². The zero-order valence-corrected chi connectivity index (χ0v) is 10.3. The van der Waals surface area contributed by atoms with Crippen LogP contribution < -0.4 is 5.32 Å². The van der Waals surface area contributed by atoms with Gasteiger partial charge in [-0.1, -0.05) is 32.9 Å². The quantitative estimate of drug-likeness (QED) is 0.830. The van der Waals surface area contributed by atoms with Crippen LogP contribution in [-0.4, -0.2) is 16.2 Å². The Morgan fingerprint density at radius 2 is 2.07 bits per heavy atom. The Hall–Kier alpha value is -0.900. The van der Waals surface area contributed by atoms with Crippen LogP contribution in [0.2, 0.25) is 0 Å². The van der Waals surface area contributed by atoms with Crippen LogP contribution in [0.5, 0.6) is 0 Å². The summed E-state index contributed by atoms with van der Waals surface area (Å²) < 4.78 is 5.19. The third-order valence-corrected chi connectivity index (χ3v) is 2.33. The molecule has 0 fully saturated rings. The first-order chi connectivity index (χ1) is 6.93. The van der Waals surface area contributed by atoms with Crippen LogP contribution >= 0.6 is 0 Å². The second kappa shape index (κ2) is 4.75. The van der Waals surface area contributed by atoms with Gasteiger partial charge in [0, 0.05) is 11.5 Å². The predicted molar refractivity (Wildman–Crippen MR) is 59.6 cm³/mol. The van der Waals surface area contributed by atoms with Gasteiger partial charge >= 0.3 is 0 Å². The monoisotopic (exact) mass is 211 g/mol. The molecule has 0 saturated carbocycles. The molecule has 0 bridgehead atoms. The molecule has 15 heavy (non-hydrogen) atoms. The average molecular weight is 211 g/mol. The molecule has 1 aromatic heterocycles. The summed E-state index contributed by atoms with van der Waals surface area (Å²) >= 11 is 0. The summed E-state index contributed by atoms with van der Waals surface area (Å²) in [6.45, 7) is 11.2. The van der Waals surface area contributed by atoms with E-state index in [1.807, 2.05) is 0 Å². The van der Waals surface area contributed by atoms with E-state index in [9.17, 15) is 0 Å². The molecule has 4 heteroatoms. The molecule has 1 unspecified atom stereocenters. The Morgan fingerprint density at radius 1 is 1.40 bits per heavy atom. The highest BCUT2D eigenvalue weighted by Crippen LogP contribution is 2.19. The Bertz CT molecular complexity index is 301. The van der Waals surface area contributed by atoms with Crippen LogP contribution in [0.4, 0.5) is 0 Å². The summed E-state index contributed by atoms with van der Waals surface area (Å²) in [5.41, 5.74) is -0.0678. The Balaban J connectivity index is 2.54. The first-order valence-corrected chi connectivity index (χ1v) is 5.50. The smallest absolute Gasteiger partial charge is 0.232 e. The molecule has 0 spiro atoms. The lowest BCUT2D eigenvalue weighted by Crippen LogP contribution is -2.25. The molecule has 1 rings (SSSR count). The van der Waals surface area contributed by atoms with Crippen LogP contribution in [0, 0.1) is 0 Å². The van der Waals surface area contributed by atoms with Gasteiger partial charge in [0.25, 0.3) is 0 Å². The fourth-order valence-electron chi connectivity index (χ4n) is 1.04. The van der Waals surface area contributed by atoms with E-state index in [4.69, 9.17) is 4.52 Å². The van der Waals surface area contributed by atoms with Gasteiger partial charge in [0.15, 0.2) is 5.82 Å². The minimum Gasteiger partial charge on any atom is -0.339 e. The van der Waals surface area contributed by atoms with Gasteiger partial charge in [-0.2, -0.15) is 4.98 Å². The highest BCUT2D eigenvalue weighted by molar-refractivity contribution is 4.98. The molecule has 1 N–H and O–H groups in total. The molecule has 0 aliphatic carbocycles. The van der Waals surface area contributed by atoms with Crippen LogP contribution in [0.25, 0.3) is 0 Å². The molecule has 4 nitrogen and oxygen atoms in total. The van der Waals surface area contributed by atoms with E-state index in [0.717, 1.165) is 12.2 Å². The van der Waals surface area contributed by atoms with Gasteiger partial charge in [0.1, 0.15) is 0 Å². The molecule has 0 aliphatic rings. The van der Waals surface area contributed by atoms with Gasteiger partial charge in [-0.05, 0) is 13.3 Å². The van der Waals surface area contributed by atoms with Crippen LogP contribution in [0.1, 0.15) is 52.8 Å². The van der Waals surface area contributed by atoms with E-state index in [0.29, 0.717) is 18.5 Å². The zero-order valence-electron chi connectivity index (χ0n) is 10.3. The van der Waals surface area contributed by atoms with E-state index in [1.165, 1.54) is 0 Å². The minimum atomic E-state index is -0.0678. The first kappa shape index (κ1) is 12.2. The SMILES string of the molecule is CCC(C)NCc1noc(C(C)(C)C)n1. The van der Waals surface area contributed by atoms with Gasteiger partial charge < -0.3 is 9.84 Å². The first-order valence-electron chi connectivity index (χ1n) is 5.50. The highest BCUT2D eigenvalue weighted by atomic mass is 16.5. The zero-order chi connectivity index (χ0) is 11.5. The second-order valence-corrected chi connectivity index (χ2v) is 4.96. The maximum absolute atomic E-state index is 5.19. The number of nitrogens with zero attached hydrogens (tertiary/aromatic N) is 2. The standard InChI is InChI=1S/C11H21N3O/c1-6-8(2)12-7-9-13-10(15-14-9)11(3,4)5/h8,12H,6-7H2,1-5H3. The Kier molecular flexibility index (Phi) is 3.85. The summed E-state index contributed by atoms with van der Waals surface area (Å²) in [6, 6.07) is 0.488. The lowest BCUT2D eigenvalue weighted by Gasteiger charge is -2.10. The van der Waals surface area contributed by atoms with Crippen molar-refractivity contribution in [3.8, 4) is 0 Å². The summed E-state index contributed by atoms with van der Waals surface area (Å²) in [6.07, 6.45) is 1.10. The van der Waals surface area contributed by atoms with Crippen molar-refractivity contribution in [2.24, 2.45) is 0 Å². The fourth-order valence-corrected chi connectivity index (χ4v) is 1.04. The van der Waals surface area contributed by atoms with Crippen molar-refractivity contribution in [2.75, 3.05) is 0 Å². The lowest BCUT2D eigenvalue weighted by molar-refractivity contribution is 0.317. The van der Waals surface area contributed by atoms with Crippen LogP contribution in [-0.2, 0) is 12.0 Å². The molecule has 0 radical (unpaired) electrons. The van der Waals surface area contributed by atoms with Gasteiger partial charge in [-0.3, -0.25) is 0 Å². The van der Waals surface area contributed by atoms with E-state index in [-0.39, 0.29) is 5.41 Å². The maximum atomic E-state index is 5.19. The van der Waals surface area contributed by atoms with E-state index >= 15 is 0 Å². The van der Waals surface area contributed by atoms with E-state index < -0.39 is 0 Å². The van der Waals surface area contributed by atoms with Crippen molar-refractivity contribution < 1.29 is 4.52 Å². The Morgan fingerprint density at radius 3 is 2.53 bits per heavy atom. The predicted octanol–water partition coefficient (Wildman–Crippen LogP) is 2.26. The lowest BCUT2D eigenvalue weighted by atomic mass is 9.97. The topological polar surface area (TPSA) is 51.0 Å². The van der Waals surface area contributed by atoms with Crippen LogP contribution in [0.3, 0.4) is 0 Å². The number of hydrogen-bond donors (Lipinski definition) is 1. The number of nitrogens with one attached hydrogen (secondary N) is 1. The maximum Gasteiger partial charge on any atom is 0.232 e. The molecule has 1 atom stereocenters. The Labute approximate surface area is 91.5 Å². The molecule has 0 aliphatic heterocycles. The van der Waals surface area contributed by atoms with Crippen molar-refractivity contribution in [1.82, 2.24) is 15.5 Å². The van der Waals surface area contributed by atoms with Crippen molar-refractivity contribution >= 4 is 0 Å². The van der Waals surface area contributed by atoms with Crippen molar-refractivity contribution in [3.63, 3.8) is 0 Å². The van der Waals surface area contributed by atoms with Gasteiger partial charge in [0.2, 0.25) is 5.89 Å². The largest absolute Gasteiger partial charge is 0.339 e. The molecule has 1 heterocycles. The molecule has 0 amide bonds.